The van der Waals surface area contributed by atoms with Crippen molar-refractivity contribution in [3.05, 3.63) is 30.3 Å². The Hall–Kier alpha value is -1.06. The molecule has 1 fully saturated rings. The molecule has 81 valence electrons. The number of likely N-dealkylation sites (tertiary alicyclic amines) is 1. The van der Waals surface area contributed by atoms with Crippen LogP contribution < -0.4 is 10.5 Å². The molecule has 15 heavy (non-hydrogen) atoms. The van der Waals surface area contributed by atoms with Crippen molar-refractivity contribution >= 4 is 0 Å². The zero-order valence-corrected chi connectivity index (χ0v) is 8.86. The summed E-state index contributed by atoms with van der Waals surface area (Å²) in [6.45, 7) is 3.77. The standard InChI is InChI=1S/C12H17N2O/c13-11-6-7-14(10-11)8-9-15-12-4-2-1-3-5-12/h1-4,11H,6-10,13H2. The van der Waals surface area contributed by atoms with Gasteiger partial charge < -0.3 is 10.5 Å². The maximum Gasteiger partial charge on any atom is 0.127 e. The van der Waals surface area contributed by atoms with Crippen molar-refractivity contribution < 1.29 is 4.74 Å². The van der Waals surface area contributed by atoms with Crippen LogP contribution in [0.15, 0.2) is 24.3 Å². The zero-order valence-electron chi connectivity index (χ0n) is 8.86. The number of nitrogens with zero attached hydrogens (tertiary/aromatic N) is 1. The number of hydrogen-bond acceptors (Lipinski definition) is 3. The molecule has 1 aliphatic rings. The molecule has 1 aromatic carbocycles. The molecule has 2 rings (SSSR count). The molecule has 1 aliphatic heterocycles. The third-order valence-electron chi connectivity index (χ3n) is 2.65. The average Bonchev–Trinajstić information content (AvgIpc) is 2.66. The van der Waals surface area contributed by atoms with E-state index in [0.29, 0.717) is 12.6 Å². The van der Waals surface area contributed by atoms with Gasteiger partial charge in [0.1, 0.15) is 12.4 Å². The minimum atomic E-state index is 0.355. The van der Waals surface area contributed by atoms with Gasteiger partial charge in [-0.15, -0.1) is 0 Å². The summed E-state index contributed by atoms with van der Waals surface area (Å²) < 4.78 is 5.57. The predicted molar refractivity (Wildman–Crippen MR) is 59.8 cm³/mol. The predicted octanol–water partition coefficient (Wildman–Crippen LogP) is 0.899. The van der Waals surface area contributed by atoms with Crippen LogP contribution >= 0.6 is 0 Å². The smallest absolute Gasteiger partial charge is 0.127 e. The average molecular weight is 205 g/mol. The Labute approximate surface area is 90.8 Å². The molecule has 0 aromatic heterocycles. The van der Waals surface area contributed by atoms with Crippen molar-refractivity contribution in [1.82, 2.24) is 4.90 Å². The van der Waals surface area contributed by atoms with E-state index < -0.39 is 0 Å². The number of hydrogen-bond donors (Lipinski definition) is 1. The Morgan fingerprint density at radius 1 is 1.53 bits per heavy atom. The van der Waals surface area contributed by atoms with Crippen LogP contribution in [0, 0.1) is 6.07 Å². The van der Waals surface area contributed by atoms with E-state index in [-0.39, 0.29) is 0 Å². The molecule has 1 unspecified atom stereocenters. The minimum Gasteiger partial charge on any atom is -0.492 e. The van der Waals surface area contributed by atoms with E-state index in [1.54, 1.807) is 0 Å². The van der Waals surface area contributed by atoms with Crippen LogP contribution in [0.3, 0.4) is 0 Å². The number of ether oxygens (including phenoxy) is 1. The lowest BCUT2D eigenvalue weighted by molar-refractivity contribution is 0.236. The van der Waals surface area contributed by atoms with Crippen LogP contribution in [0.25, 0.3) is 0 Å². The first-order valence-corrected chi connectivity index (χ1v) is 5.42. The van der Waals surface area contributed by atoms with Gasteiger partial charge in [0.2, 0.25) is 0 Å². The SMILES string of the molecule is NC1CCN(CCOc2[c]cccc2)C1. The second-order valence-electron chi connectivity index (χ2n) is 3.92. The maximum absolute atomic E-state index is 5.82. The Kier molecular flexibility index (Phi) is 3.59. The molecule has 3 nitrogen and oxygen atoms in total. The first-order chi connectivity index (χ1) is 7.34. The summed E-state index contributed by atoms with van der Waals surface area (Å²) in [7, 11) is 0. The summed E-state index contributed by atoms with van der Waals surface area (Å²) in [5, 5.41) is 0. The van der Waals surface area contributed by atoms with Crippen LogP contribution in [0.4, 0.5) is 0 Å². The molecule has 1 atom stereocenters. The van der Waals surface area contributed by atoms with Crippen molar-refractivity contribution in [2.24, 2.45) is 5.73 Å². The van der Waals surface area contributed by atoms with Crippen LogP contribution in [-0.4, -0.2) is 37.2 Å². The van der Waals surface area contributed by atoms with Crippen molar-refractivity contribution in [1.29, 1.82) is 0 Å². The monoisotopic (exact) mass is 205 g/mol. The molecule has 0 saturated carbocycles. The van der Waals surface area contributed by atoms with E-state index in [0.717, 1.165) is 31.8 Å². The normalized spacial score (nSPS) is 21.8. The molecule has 3 heteroatoms. The Morgan fingerprint density at radius 3 is 3.13 bits per heavy atom. The summed E-state index contributed by atoms with van der Waals surface area (Å²) in [4.78, 5) is 2.34. The summed E-state index contributed by atoms with van der Waals surface area (Å²) in [6, 6.07) is 11.1. The van der Waals surface area contributed by atoms with E-state index in [4.69, 9.17) is 10.5 Å². The maximum atomic E-state index is 5.82. The van der Waals surface area contributed by atoms with E-state index in [1.165, 1.54) is 0 Å². The molecule has 2 N–H and O–H groups in total. The Morgan fingerprint density at radius 2 is 2.47 bits per heavy atom. The van der Waals surface area contributed by atoms with Gasteiger partial charge in [-0.2, -0.15) is 0 Å². The lowest BCUT2D eigenvalue weighted by Crippen LogP contribution is -2.29. The van der Waals surface area contributed by atoms with Gasteiger partial charge >= 0.3 is 0 Å². The minimum absolute atomic E-state index is 0.355. The van der Waals surface area contributed by atoms with Crippen molar-refractivity contribution in [3.63, 3.8) is 0 Å². The third kappa shape index (κ3) is 3.22. The largest absolute Gasteiger partial charge is 0.492 e. The number of rotatable bonds is 4. The van der Waals surface area contributed by atoms with Gasteiger partial charge in [-0.05, 0) is 19.0 Å². The molecule has 0 amide bonds. The fourth-order valence-electron chi connectivity index (χ4n) is 1.82. The lowest BCUT2D eigenvalue weighted by Gasteiger charge is -2.15. The van der Waals surface area contributed by atoms with Gasteiger partial charge in [0, 0.05) is 25.2 Å². The summed E-state index contributed by atoms with van der Waals surface area (Å²) in [5.74, 6) is 0.820. The second kappa shape index (κ2) is 5.14. The van der Waals surface area contributed by atoms with E-state index in [2.05, 4.69) is 11.0 Å². The topological polar surface area (TPSA) is 38.5 Å². The molecule has 0 spiro atoms. The van der Waals surface area contributed by atoms with Gasteiger partial charge in [-0.1, -0.05) is 18.2 Å². The molecule has 1 radical (unpaired) electrons. The van der Waals surface area contributed by atoms with Gasteiger partial charge in [0.15, 0.2) is 0 Å². The summed E-state index contributed by atoms with van der Waals surface area (Å²) >= 11 is 0. The van der Waals surface area contributed by atoms with Crippen LogP contribution in [0.1, 0.15) is 6.42 Å². The van der Waals surface area contributed by atoms with Gasteiger partial charge in [0.25, 0.3) is 0 Å². The van der Waals surface area contributed by atoms with Crippen molar-refractivity contribution in [2.45, 2.75) is 12.5 Å². The number of nitrogens with two attached hydrogens (primary N) is 1. The molecule has 0 aliphatic carbocycles. The highest BCUT2D eigenvalue weighted by Gasteiger charge is 2.18. The highest BCUT2D eigenvalue weighted by molar-refractivity contribution is 5.19. The first kappa shape index (κ1) is 10.5. The lowest BCUT2D eigenvalue weighted by atomic mass is 10.3. The fraction of sp³-hybridized carbons (Fsp3) is 0.500. The van der Waals surface area contributed by atoms with Gasteiger partial charge in [0.05, 0.1) is 0 Å². The van der Waals surface area contributed by atoms with Crippen molar-refractivity contribution in [3.8, 4) is 5.75 Å². The quantitative estimate of drug-likeness (QED) is 0.793. The first-order valence-electron chi connectivity index (χ1n) is 5.42. The highest BCUT2D eigenvalue weighted by Crippen LogP contribution is 2.09. The van der Waals surface area contributed by atoms with Crippen LogP contribution in [0.5, 0.6) is 5.75 Å². The summed E-state index contributed by atoms with van der Waals surface area (Å²) in [6.07, 6.45) is 1.11. The second-order valence-corrected chi connectivity index (χ2v) is 3.92. The van der Waals surface area contributed by atoms with Gasteiger partial charge in [-0.25, -0.2) is 0 Å². The molecular formula is C12H17N2O. The molecular weight excluding hydrogens is 188 g/mol. The number of benzene rings is 1. The molecule has 1 saturated heterocycles. The molecule has 1 aromatic rings. The molecule has 1 heterocycles. The Balaban J connectivity index is 1.67. The molecule has 0 bridgehead atoms. The highest BCUT2D eigenvalue weighted by atomic mass is 16.5. The van der Waals surface area contributed by atoms with Gasteiger partial charge in [-0.3, -0.25) is 4.90 Å². The summed E-state index contributed by atoms with van der Waals surface area (Å²) in [5.41, 5.74) is 5.82. The van der Waals surface area contributed by atoms with Crippen LogP contribution in [-0.2, 0) is 0 Å². The van der Waals surface area contributed by atoms with Crippen molar-refractivity contribution in [2.75, 3.05) is 26.2 Å². The Bertz CT molecular complexity index is 289. The van der Waals surface area contributed by atoms with E-state index in [9.17, 15) is 0 Å². The van der Waals surface area contributed by atoms with E-state index >= 15 is 0 Å². The fourth-order valence-corrected chi connectivity index (χ4v) is 1.82. The number of para-hydroxylation sites is 1. The van der Waals surface area contributed by atoms with Crippen LogP contribution in [0.2, 0.25) is 0 Å². The third-order valence-corrected chi connectivity index (χ3v) is 2.65. The van der Waals surface area contributed by atoms with E-state index in [1.807, 2.05) is 24.3 Å². The zero-order chi connectivity index (χ0) is 10.5.